The highest BCUT2D eigenvalue weighted by Gasteiger charge is 2.19. The SMILES string of the molecule is CC1CC(N)=NN=C1c1cc(F)cc(F)c1. The van der Waals surface area contributed by atoms with E-state index in [1.807, 2.05) is 6.92 Å². The maximum absolute atomic E-state index is 13.0. The van der Waals surface area contributed by atoms with Crippen LogP contribution in [0.25, 0.3) is 0 Å². The normalized spacial score (nSPS) is 20.3. The van der Waals surface area contributed by atoms with Crippen molar-refractivity contribution in [1.82, 2.24) is 0 Å². The monoisotopic (exact) mass is 223 g/mol. The van der Waals surface area contributed by atoms with Gasteiger partial charge in [-0.2, -0.15) is 5.10 Å². The van der Waals surface area contributed by atoms with Gasteiger partial charge >= 0.3 is 0 Å². The van der Waals surface area contributed by atoms with Crippen molar-refractivity contribution in [2.75, 3.05) is 0 Å². The second-order valence-corrected chi connectivity index (χ2v) is 3.84. The van der Waals surface area contributed by atoms with Gasteiger partial charge in [0.1, 0.15) is 17.5 Å². The molecule has 0 amide bonds. The van der Waals surface area contributed by atoms with Crippen LogP contribution in [-0.4, -0.2) is 11.5 Å². The summed E-state index contributed by atoms with van der Waals surface area (Å²) in [6.07, 6.45) is 0.553. The zero-order chi connectivity index (χ0) is 11.7. The molecule has 0 saturated carbocycles. The second-order valence-electron chi connectivity index (χ2n) is 3.84. The minimum atomic E-state index is -0.618. The van der Waals surface area contributed by atoms with Crippen LogP contribution in [0.4, 0.5) is 8.78 Å². The van der Waals surface area contributed by atoms with E-state index in [1.54, 1.807) is 0 Å². The largest absolute Gasteiger partial charge is 0.386 e. The molecule has 2 N–H and O–H groups in total. The Balaban J connectivity index is 2.44. The van der Waals surface area contributed by atoms with Gasteiger partial charge in [-0.25, -0.2) is 8.78 Å². The van der Waals surface area contributed by atoms with E-state index in [-0.39, 0.29) is 5.92 Å². The van der Waals surface area contributed by atoms with Crippen LogP contribution in [0, 0.1) is 17.6 Å². The lowest BCUT2D eigenvalue weighted by atomic mass is 9.94. The van der Waals surface area contributed by atoms with Gasteiger partial charge in [-0.3, -0.25) is 0 Å². The highest BCUT2D eigenvalue weighted by molar-refractivity contribution is 6.05. The predicted octanol–water partition coefficient (Wildman–Crippen LogP) is 2.07. The van der Waals surface area contributed by atoms with Crippen LogP contribution in [-0.2, 0) is 0 Å². The van der Waals surface area contributed by atoms with Gasteiger partial charge in [0.2, 0.25) is 0 Å². The molecular weight excluding hydrogens is 212 g/mol. The summed E-state index contributed by atoms with van der Waals surface area (Å²) in [4.78, 5) is 0. The van der Waals surface area contributed by atoms with Gasteiger partial charge in [-0.1, -0.05) is 6.92 Å². The highest BCUT2D eigenvalue weighted by Crippen LogP contribution is 2.19. The van der Waals surface area contributed by atoms with Gasteiger partial charge in [-0.15, -0.1) is 5.10 Å². The first-order valence-corrected chi connectivity index (χ1v) is 4.92. The Morgan fingerprint density at radius 2 is 1.81 bits per heavy atom. The topological polar surface area (TPSA) is 50.7 Å². The average molecular weight is 223 g/mol. The number of nitrogens with two attached hydrogens (primary N) is 1. The molecule has 0 bridgehead atoms. The maximum atomic E-state index is 13.0. The van der Waals surface area contributed by atoms with Gasteiger partial charge in [0.05, 0.1) is 5.71 Å². The predicted molar refractivity (Wildman–Crippen MR) is 58.3 cm³/mol. The van der Waals surface area contributed by atoms with E-state index in [4.69, 9.17) is 5.73 Å². The number of benzene rings is 1. The summed E-state index contributed by atoms with van der Waals surface area (Å²) in [6.45, 7) is 1.89. The number of amidine groups is 1. The van der Waals surface area contributed by atoms with E-state index in [1.165, 1.54) is 12.1 Å². The molecule has 1 atom stereocenters. The summed E-state index contributed by atoms with van der Waals surface area (Å²) >= 11 is 0. The molecule has 84 valence electrons. The Morgan fingerprint density at radius 1 is 1.19 bits per heavy atom. The molecule has 5 heteroatoms. The summed E-state index contributed by atoms with van der Waals surface area (Å²) in [6, 6.07) is 3.32. The molecule has 1 aliphatic rings. The van der Waals surface area contributed by atoms with Crippen molar-refractivity contribution >= 4 is 11.5 Å². The fourth-order valence-electron chi connectivity index (χ4n) is 1.71. The third-order valence-corrected chi connectivity index (χ3v) is 2.43. The molecule has 1 aromatic carbocycles. The lowest BCUT2D eigenvalue weighted by Crippen LogP contribution is -2.25. The average Bonchev–Trinajstić information content (AvgIpc) is 2.15. The number of rotatable bonds is 1. The molecule has 1 aromatic rings. The number of hydrogen-bond donors (Lipinski definition) is 1. The molecule has 1 aliphatic heterocycles. The fraction of sp³-hybridized carbons (Fsp3) is 0.273. The van der Waals surface area contributed by atoms with E-state index >= 15 is 0 Å². The van der Waals surface area contributed by atoms with Gasteiger partial charge in [0.25, 0.3) is 0 Å². The molecule has 0 fully saturated rings. The molecule has 0 spiro atoms. The lowest BCUT2D eigenvalue weighted by Gasteiger charge is -2.17. The number of halogens is 2. The van der Waals surface area contributed by atoms with E-state index in [9.17, 15) is 8.78 Å². The van der Waals surface area contributed by atoms with Crippen molar-refractivity contribution in [2.45, 2.75) is 13.3 Å². The van der Waals surface area contributed by atoms with Crippen LogP contribution in [0.3, 0.4) is 0 Å². The molecule has 2 rings (SSSR count). The number of nitrogens with zero attached hydrogens (tertiary/aromatic N) is 2. The van der Waals surface area contributed by atoms with Crippen LogP contribution >= 0.6 is 0 Å². The molecule has 0 saturated heterocycles. The maximum Gasteiger partial charge on any atom is 0.126 e. The Hall–Kier alpha value is -1.78. The summed E-state index contributed by atoms with van der Waals surface area (Å²) in [5.74, 6) is -0.785. The minimum Gasteiger partial charge on any atom is -0.386 e. The van der Waals surface area contributed by atoms with E-state index in [0.717, 1.165) is 6.07 Å². The molecule has 3 nitrogen and oxygen atoms in total. The Labute approximate surface area is 91.7 Å². The first-order chi connectivity index (χ1) is 7.56. The molecular formula is C11H11F2N3. The summed E-state index contributed by atoms with van der Waals surface area (Å²) < 4.78 is 26.1. The van der Waals surface area contributed by atoms with Crippen LogP contribution in [0.2, 0.25) is 0 Å². The third kappa shape index (κ3) is 2.08. The van der Waals surface area contributed by atoms with Gasteiger partial charge in [0, 0.05) is 24.0 Å². The minimum absolute atomic E-state index is 0.0127. The Bertz CT molecular complexity index is 460. The first-order valence-electron chi connectivity index (χ1n) is 4.92. The van der Waals surface area contributed by atoms with Crippen molar-refractivity contribution in [1.29, 1.82) is 0 Å². The van der Waals surface area contributed by atoms with Crippen LogP contribution in [0.15, 0.2) is 28.4 Å². The molecule has 0 aliphatic carbocycles. The Morgan fingerprint density at radius 3 is 2.38 bits per heavy atom. The van der Waals surface area contributed by atoms with Crippen molar-refractivity contribution < 1.29 is 8.78 Å². The Kier molecular flexibility index (Phi) is 2.68. The van der Waals surface area contributed by atoms with Crippen LogP contribution < -0.4 is 5.73 Å². The van der Waals surface area contributed by atoms with E-state index < -0.39 is 11.6 Å². The highest BCUT2D eigenvalue weighted by atomic mass is 19.1. The fourth-order valence-corrected chi connectivity index (χ4v) is 1.71. The second kappa shape index (κ2) is 4.00. The smallest absolute Gasteiger partial charge is 0.126 e. The number of hydrogen-bond acceptors (Lipinski definition) is 3. The van der Waals surface area contributed by atoms with Crippen molar-refractivity contribution in [3.8, 4) is 0 Å². The molecule has 1 unspecified atom stereocenters. The summed E-state index contributed by atoms with van der Waals surface area (Å²) in [5.41, 5.74) is 6.50. The van der Waals surface area contributed by atoms with E-state index in [2.05, 4.69) is 10.2 Å². The first kappa shape index (κ1) is 10.7. The molecule has 1 heterocycles. The molecule has 16 heavy (non-hydrogen) atoms. The molecule has 0 radical (unpaired) electrons. The van der Waals surface area contributed by atoms with Crippen LogP contribution in [0.5, 0.6) is 0 Å². The van der Waals surface area contributed by atoms with Crippen LogP contribution in [0.1, 0.15) is 18.9 Å². The van der Waals surface area contributed by atoms with E-state index in [0.29, 0.717) is 23.5 Å². The zero-order valence-electron chi connectivity index (χ0n) is 8.74. The quantitative estimate of drug-likeness (QED) is 0.778. The summed E-state index contributed by atoms with van der Waals surface area (Å²) in [7, 11) is 0. The van der Waals surface area contributed by atoms with Crippen molar-refractivity contribution in [3.63, 3.8) is 0 Å². The summed E-state index contributed by atoms with van der Waals surface area (Å²) in [5, 5.41) is 7.63. The van der Waals surface area contributed by atoms with Crippen molar-refractivity contribution in [3.05, 3.63) is 35.4 Å². The van der Waals surface area contributed by atoms with Gasteiger partial charge in [-0.05, 0) is 12.1 Å². The molecule has 0 aromatic heterocycles. The lowest BCUT2D eigenvalue weighted by molar-refractivity contribution is 0.582. The zero-order valence-corrected chi connectivity index (χ0v) is 8.74. The van der Waals surface area contributed by atoms with Crippen molar-refractivity contribution in [2.24, 2.45) is 21.9 Å². The van der Waals surface area contributed by atoms with Gasteiger partial charge in [0.15, 0.2) is 0 Å². The third-order valence-electron chi connectivity index (χ3n) is 2.43. The standard InChI is InChI=1S/C11H11F2N3/c1-6-2-10(14)15-16-11(6)7-3-8(12)5-9(13)4-7/h3-6H,2H2,1H3,(H2,14,15). The van der Waals surface area contributed by atoms with Gasteiger partial charge < -0.3 is 5.73 Å².